The van der Waals surface area contributed by atoms with E-state index in [1.165, 1.54) is 0 Å². The van der Waals surface area contributed by atoms with E-state index in [2.05, 4.69) is 0 Å². The van der Waals surface area contributed by atoms with Gasteiger partial charge in [-0.15, -0.1) is 0 Å². The summed E-state index contributed by atoms with van der Waals surface area (Å²) < 4.78 is 21.4. The van der Waals surface area contributed by atoms with Crippen LogP contribution in [0.2, 0.25) is 0 Å². The molecule has 0 saturated carbocycles. The number of carbonyl (C=O) groups is 2. The van der Waals surface area contributed by atoms with Gasteiger partial charge in [-0.05, 0) is 24.3 Å². The predicted octanol–water partition coefficient (Wildman–Crippen LogP) is 1.83. The Labute approximate surface area is 175 Å². The largest absolute Gasteiger partial charge is 0.497 e. The predicted molar refractivity (Wildman–Crippen MR) is 110 cm³/mol. The van der Waals surface area contributed by atoms with Crippen molar-refractivity contribution in [3.8, 4) is 23.0 Å². The first-order chi connectivity index (χ1) is 14.6. The maximum absolute atomic E-state index is 12.4. The van der Waals surface area contributed by atoms with Crippen molar-refractivity contribution in [2.75, 3.05) is 53.6 Å². The zero-order chi connectivity index (χ0) is 21.3. The van der Waals surface area contributed by atoms with Crippen LogP contribution in [0.4, 0.5) is 0 Å². The van der Waals surface area contributed by atoms with E-state index in [9.17, 15) is 9.59 Å². The van der Waals surface area contributed by atoms with Gasteiger partial charge in [-0.2, -0.15) is 0 Å². The minimum absolute atomic E-state index is 0.0555. The third-order valence-corrected chi connectivity index (χ3v) is 4.79. The Hall–Kier alpha value is -3.42. The summed E-state index contributed by atoms with van der Waals surface area (Å²) >= 11 is 0. The fraction of sp³-hybridized carbons (Fsp3) is 0.364. The van der Waals surface area contributed by atoms with Gasteiger partial charge in [0.2, 0.25) is 0 Å². The molecule has 1 aliphatic heterocycles. The van der Waals surface area contributed by atoms with E-state index in [4.69, 9.17) is 18.9 Å². The molecular weight excluding hydrogens is 388 g/mol. The van der Waals surface area contributed by atoms with Crippen molar-refractivity contribution in [1.29, 1.82) is 0 Å². The van der Waals surface area contributed by atoms with Crippen molar-refractivity contribution in [3.05, 3.63) is 48.5 Å². The van der Waals surface area contributed by atoms with Gasteiger partial charge < -0.3 is 28.7 Å². The van der Waals surface area contributed by atoms with Crippen LogP contribution in [0, 0.1) is 0 Å². The molecule has 160 valence electrons. The molecule has 0 radical (unpaired) electrons. The highest BCUT2D eigenvalue weighted by Gasteiger charge is 2.24. The van der Waals surface area contributed by atoms with Gasteiger partial charge >= 0.3 is 0 Å². The number of carbonyl (C=O) groups excluding carboxylic acids is 2. The van der Waals surface area contributed by atoms with Crippen LogP contribution in [0.15, 0.2) is 48.5 Å². The van der Waals surface area contributed by atoms with Crippen LogP contribution in [-0.2, 0) is 9.59 Å². The molecule has 2 aromatic rings. The smallest absolute Gasteiger partial charge is 0.260 e. The fourth-order valence-corrected chi connectivity index (χ4v) is 3.06. The highest BCUT2D eigenvalue weighted by molar-refractivity contribution is 5.80. The minimum atomic E-state index is -0.113. The van der Waals surface area contributed by atoms with Crippen LogP contribution in [0.3, 0.4) is 0 Å². The van der Waals surface area contributed by atoms with E-state index in [1.807, 2.05) is 12.1 Å². The molecule has 0 aliphatic carbocycles. The lowest BCUT2D eigenvalue weighted by Gasteiger charge is -2.34. The molecular formula is C22H26N2O6. The molecule has 2 amide bonds. The summed E-state index contributed by atoms with van der Waals surface area (Å²) in [6.07, 6.45) is 0. The molecule has 0 atom stereocenters. The topological polar surface area (TPSA) is 77.5 Å². The monoisotopic (exact) mass is 414 g/mol. The van der Waals surface area contributed by atoms with Crippen molar-refractivity contribution in [1.82, 2.24) is 9.80 Å². The Morgan fingerprint density at radius 3 is 1.43 bits per heavy atom. The van der Waals surface area contributed by atoms with Gasteiger partial charge in [0.05, 0.1) is 14.2 Å². The van der Waals surface area contributed by atoms with Gasteiger partial charge in [0.1, 0.15) is 23.0 Å². The quantitative estimate of drug-likeness (QED) is 0.656. The SMILES string of the molecule is COc1cccc(OCC(=O)N2CCN(C(=O)COc3cccc(OC)c3)CC2)c1. The van der Waals surface area contributed by atoms with Crippen LogP contribution < -0.4 is 18.9 Å². The zero-order valence-corrected chi connectivity index (χ0v) is 17.2. The van der Waals surface area contributed by atoms with Crippen molar-refractivity contribution in [2.24, 2.45) is 0 Å². The van der Waals surface area contributed by atoms with Crippen molar-refractivity contribution >= 4 is 11.8 Å². The number of amides is 2. The summed E-state index contributed by atoms with van der Waals surface area (Å²) in [5.74, 6) is 2.26. The van der Waals surface area contributed by atoms with Crippen LogP contribution in [0.5, 0.6) is 23.0 Å². The minimum Gasteiger partial charge on any atom is -0.497 e. The van der Waals surface area contributed by atoms with Crippen molar-refractivity contribution < 1.29 is 28.5 Å². The lowest BCUT2D eigenvalue weighted by molar-refractivity contribution is -0.141. The molecule has 1 fully saturated rings. The summed E-state index contributed by atoms with van der Waals surface area (Å²) in [6.45, 7) is 1.74. The number of ether oxygens (including phenoxy) is 4. The summed E-state index contributed by atoms with van der Waals surface area (Å²) in [7, 11) is 3.15. The molecule has 1 aliphatic rings. The maximum atomic E-state index is 12.4. The average molecular weight is 414 g/mol. The van der Waals surface area contributed by atoms with Gasteiger partial charge in [0.25, 0.3) is 11.8 Å². The van der Waals surface area contributed by atoms with Gasteiger partial charge in [-0.3, -0.25) is 9.59 Å². The summed E-state index contributed by atoms with van der Waals surface area (Å²) in [6, 6.07) is 14.2. The van der Waals surface area contributed by atoms with E-state index in [0.29, 0.717) is 49.2 Å². The molecule has 8 nitrogen and oxygen atoms in total. The number of hydrogen-bond donors (Lipinski definition) is 0. The van der Waals surface area contributed by atoms with E-state index < -0.39 is 0 Å². The van der Waals surface area contributed by atoms with Gasteiger partial charge in [-0.1, -0.05) is 12.1 Å². The van der Waals surface area contributed by atoms with Crippen molar-refractivity contribution in [2.45, 2.75) is 0 Å². The van der Waals surface area contributed by atoms with E-state index in [0.717, 1.165) is 0 Å². The number of rotatable bonds is 8. The highest BCUT2D eigenvalue weighted by Crippen LogP contribution is 2.20. The maximum Gasteiger partial charge on any atom is 0.260 e. The number of piperazine rings is 1. The summed E-state index contributed by atoms with van der Waals surface area (Å²) in [5.41, 5.74) is 0. The molecule has 1 saturated heterocycles. The molecule has 8 heteroatoms. The highest BCUT2D eigenvalue weighted by atomic mass is 16.5. The second kappa shape index (κ2) is 10.4. The standard InChI is InChI=1S/C22H26N2O6/c1-27-17-5-3-7-19(13-17)29-15-21(25)23-9-11-24(12-10-23)22(26)16-30-20-8-4-6-18(14-20)28-2/h3-8,13-14H,9-12,15-16H2,1-2H3. The lowest BCUT2D eigenvalue weighted by Crippen LogP contribution is -2.52. The molecule has 0 spiro atoms. The zero-order valence-electron chi connectivity index (χ0n) is 17.2. The third kappa shape index (κ3) is 5.79. The van der Waals surface area contributed by atoms with Gasteiger partial charge in [0.15, 0.2) is 13.2 Å². The summed E-state index contributed by atoms with van der Waals surface area (Å²) in [4.78, 5) is 28.2. The van der Waals surface area contributed by atoms with E-state index in [-0.39, 0.29) is 25.0 Å². The fourth-order valence-electron chi connectivity index (χ4n) is 3.06. The lowest BCUT2D eigenvalue weighted by atomic mass is 10.3. The molecule has 2 aromatic carbocycles. The van der Waals surface area contributed by atoms with Crippen LogP contribution in [0.25, 0.3) is 0 Å². The molecule has 0 bridgehead atoms. The van der Waals surface area contributed by atoms with Crippen LogP contribution in [0.1, 0.15) is 0 Å². The first-order valence-electron chi connectivity index (χ1n) is 9.68. The normalized spacial score (nSPS) is 13.5. The van der Waals surface area contributed by atoms with Gasteiger partial charge in [0, 0.05) is 38.3 Å². The van der Waals surface area contributed by atoms with Crippen LogP contribution >= 0.6 is 0 Å². The summed E-state index contributed by atoms with van der Waals surface area (Å²) in [5, 5.41) is 0. The number of methoxy groups -OCH3 is 2. The first kappa shape index (κ1) is 21.3. The van der Waals surface area contributed by atoms with Crippen molar-refractivity contribution in [3.63, 3.8) is 0 Å². The molecule has 30 heavy (non-hydrogen) atoms. The molecule has 3 rings (SSSR count). The van der Waals surface area contributed by atoms with E-state index in [1.54, 1.807) is 60.4 Å². The second-order valence-electron chi connectivity index (χ2n) is 6.70. The number of nitrogens with zero attached hydrogens (tertiary/aromatic N) is 2. The molecule has 0 unspecified atom stereocenters. The Kier molecular flexibility index (Phi) is 7.37. The van der Waals surface area contributed by atoms with Gasteiger partial charge in [-0.25, -0.2) is 0 Å². The first-order valence-corrected chi connectivity index (χ1v) is 9.68. The number of benzene rings is 2. The molecule has 0 N–H and O–H groups in total. The Bertz CT molecular complexity index is 793. The Balaban J connectivity index is 1.41. The van der Waals surface area contributed by atoms with Crippen LogP contribution in [-0.4, -0.2) is 75.2 Å². The Morgan fingerprint density at radius 2 is 1.07 bits per heavy atom. The molecule has 1 heterocycles. The number of hydrogen-bond acceptors (Lipinski definition) is 6. The van der Waals surface area contributed by atoms with E-state index >= 15 is 0 Å². The third-order valence-electron chi connectivity index (χ3n) is 4.79. The average Bonchev–Trinajstić information content (AvgIpc) is 2.81. The second-order valence-corrected chi connectivity index (χ2v) is 6.70. The Morgan fingerprint density at radius 1 is 0.700 bits per heavy atom. The molecule has 0 aromatic heterocycles.